The smallest absolute Gasteiger partial charge is 0.239 e. The molecule has 0 spiro atoms. The molecule has 2 N–H and O–H groups in total. The fourth-order valence-corrected chi connectivity index (χ4v) is 1.26. The highest BCUT2D eigenvalue weighted by Gasteiger charge is 2.12. The molecule has 0 saturated heterocycles. The average molecular weight is 230 g/mol. The first-order valence-electron chi connectivity index (χ1n) is 5.65. The van der Waals surface area contributed by atoms with Crippen molar-refractivity contribution in [2.75, 3.05) is 26.8 Å². The van der Waals surface area contributed by atoms with Gasteiger partial charge >= 0.3 is 0 Å². The topological polar surface area (TPSA) is 67.4 Å². The van der Waals surface area contributed by atoms with Crippen molar-refractivity contribution in [2.45, 2.75) is 26.7 Å². The van der Waals surface area contributed by atoms with Crippen molar-refractivity contribution in [3.63, 3.8) is 0 Å². The number of nitrogens with one attached hydrogen (secondary N) is 2. The van der Waals surface area contributed by atoms with Crippen molar-refractivity contribution < 1.29 is 14.3 Å². The lowest BCUT2D eigenvalue weighted by Crippen LogP contribution is -2.39. The maximum Gasteiger partial charge on any atom is 0.239 e. The van der Waals surface area contributed by atoms with Crippen LogP contribution in [0.1, 0.15) is 26.7 Å². The van der Waals surface area contributed by atoms with Crippen LogP contribution in [0, 0.1) is 5.92 Å². The quantitative estimate of drug-likeness (QED) is 0.589. The van der Waals surface area contributed by atoms with Crippen LogP contribution in [0.15, 0.2) is 0 Å². The van der Waals surface area contributed by atoms with Crippen molar-refractivity contribution in [3.05, 3.63) is 0 Å². The summed E-state index contributed by atoms with van der Waals surface area (Å²) in [4.78, 5) is 22.7. The van der Waals surface area contributed by atoms with Gasteiger partial charge < -0.3 is 15.4 Å². The number of amides is 2. The van der Waals surface area contributed by atoms with E-state index in [0.717, 1.165) is 12.8 Å². The highest BCUT2D eigenvalue weighted by molar-refractivity contribution is 5.85. The molecule has 0 aliphatic carbocycles. The van der Waals surface area contributed by atoms with Gasteiger partial charge in [-0.25, -0.2) is 0 Å². The molecule has 0 aromatic carbocycles. The maximum atomic E-state index is 11.5. The lowest BCUT2D eigenvalue weighted by molar-refractivity contribution is -0.128. The van der Waals surface area contributed by atoms with Crippen LogP contribution in [0.4, 0.5) is 0 Å². The number of hydrogen-bond acceptors (Lipinski definition) is 3. The van der Waals surface area contributed by atoms with Crippen LogP contribution < -0.4 is 10.6 Å². The summed E-state index contributed by atoms with van der Waals surface area (Å²) >= 11 is 0. The van der Waals surface area contributed by atoms with Gasteiger partial charge in [-0.3, -0.25) is 9.59 Å². The van der Waals surface area contributed by atoms with Gasteiger partial charge in [0.25, 0.3) is 0 Å². The van der Waals surface area contributed by atoms with Gasteiger partial charge in [0.1, 0.15) is 0 Å². The average Bonchev–Trinajstić information content (AvgIpc) is 2.26. The molecule has 5 heteroatoms. The molecule has 0 saturated carbocycles. The predicted octanol–water partition coefficient (Wildman–Crippen LogP) is 0.301. The van der Waals surface area contributed by atoms with Crippen LogP contribution in [0.2, 0.25) is 0 Å². The van der Waals surface area contributed by atoms with E-state index in [9.17, 15) is 9.59 Å². The van der Waals surface area contributed by atoms with Crippen molar-refractivity contribution in [2.24, 2.45) is 5.92 Å². The van der Waals surface area contributed by atoms with E-state index in [0.29, 0.717) is 13.2 Å². The second-order valence-electron chi connectivity index (χ2n) is 3.75. The monoisotopic (exact) mass is 230 g/mol. The van der Waals surface area contributed by atoms with E-state index in [1.165, 1.54) is 0 Å². The molecule has 0 aliphatic rings. The van der Waals surface area contributed by atoms with Gasteiger partial charge in [-0.05, 0) is 6.42 Å². The summed E-state index contributed by atoms with van der Waals surface area (Å²) in [6.45, 7) is 4.88. The minimum atomic E-state index is -0.186. The highest BCUT2D eigenvalue weighted by Crippen LogP contribution is 2.03. The summed E-state index contributed by atoms with van der Waals surface area (Å²) in [6.07, 6.45) is 1.81. The summed E-state index contributed by atoms with van der Waals surface area (Å²) in [5, 5.41) is 5.23. The number of carbonyl (C=O) groups is 2. The zero-order chi connectivity index (χ0) is 12.4. The molecular formula is C11H22N2O3. The zero-order valence-corrected chi connectivity index (χ0v) is 10.3. The first-order valence-corrected chi connectivity index (χ1v) is 5.65. The molecule has 2 amide bonds. The van der Waals surface area contributed by atoms with Crippen LogP contribution in [-0.4, -0.2) is 38.6 Å². The van der Waals surface area contributed by atoms with Crippen LogP contribution in [0.3, 0.4) is 0 Å². The largest absolute Gasteiger partial charge is 0.383 e. The summed E-state index contributed by atoms with van der Waals surface area (Å²) in [5.74, 6) is -0.283. The number of carbonyl (C=O) groups excluding carboxylic acids is 2. The second kappa shape index (κ2) is 9.15. The number of methoxy groups -OCH3 is 1. The van der Waals surface area contributed by atoms with E-state index in [2.05, 4.69) is 10.6 Å². The van der Waals surface area contributed by atoms with Crippen molar-refractivity contribution in [3.8, 4) is 0 Å². The Hall–Kier alpha value is -1.10. The van der Waals surface area contributed by atoms with Crippen molar-refractivity contribution in [1.82, 2.24) is 10.6 Å². The first-order chi connectivity index (χ1) is 7.61. The molecule has 1 unspecified atom stereocenters. The summed E-state index contributed by atoms with van der Waals surface area (Å²) in [7, 11) is 1.57. The van der Waals surface area contributed by atoms with Gasteiger partial charge in [0.2, 0.25) is 11.8 Å². The van der Waals surface area contributed by atoms with Gasteiger partial charge in [0, 0.05) is 19.6 Å². The third kappa shape index (κ3) is 7.23. The highest BCUT2D eigenvalue weighted by atomic mass is 16.5. The normalized spacial score (nSPS) is 11.9. The Balaban J connectivity index is 3.62. The SMILES string of the molecule is CCCC(C)C(=O)NCC(=O)NCCOC. The predicted molar refractivity (Wildman–Crippen MR) is 62.0 cm³/mol. The van der Waals surface area contributed by atoms with E-state index in [1.807, 2.05) is 13.8 Å². The molecule has 0 aliphatic heterocycles. The molecule has 94 valence electrons. The van der Waals surface area contributed by atoms with E-state index in [-0.39, 0.29) is 24.3 Å². The van der Waals surface area contributed by atoms with Gasteiger partial charge in [-0.15, -0.1) is 0 Å². The molecule has 5 nitrogen and oxygen atoms in total. The van der Waals surface area contributed by atoms with E-state index in [1.54, 1.807) is 7.11 Å². The standard InChI is InChI=1S/C11H22N2O3/c1-4-5-9(2)11(15)13-8-10(14)12-6-7-16-3/h9H,4-8H2,1-3H3,(H,12,14)(H,13,15). The molecular weight excluding hydrogens is 208 g/mol. The van der Waals surface area contributed by atoms with Crippen LogP contribution in [-0.2, 0) is 14.3 Å². The Morgan fingerprint density at radius 3 is 2.56 bits per heavy atom. The molecule has 0 aromatic heterocycles. The molecule has 16 heavy (non-hydrogen) atoms. The molecule has 0 rings (SSSR count). The third-order valence-corrected chi connectivity index (χ3v) is 2.22. The maximum absolute atomic E-state index is 11.5. The lowest BCUT2D eigenvalue weighted by Gasteiger charge is -2.10. The minimum Gasteiger partial charge on any atom is -0.383 e. The Labute approximate surface area is 96.9 Å². The zero-order valence-electron chi connectivity index (χ0n) is 10.3. The summed E-state index contributed by atoms with van der Waals surface area (Å²) < 4.78 is 4.79. The molecule has 0 radical (unpaired) electrons. The van der Waals surface area contributed by atoms with E-state index < -0.39 is 0 Å². The van der Waals surface area contributed by atoms with Crippen LogP contribution in [0.25, 0.3) is 0 Å². The van der Waals surface area contributed by atoms with Crippen molar-refractivity contribution in [1.29, 1.82) is 0 Å². The lowest BCUT2D eigenvalue weighted by atomic mass is 10.1. The van der Waals surface area contributed by atoms with E-state index in [4.69, 9.17) is 4.74 Å². The fourth-order valence-electron chi connectivity index (χ4n) is 1.26. The molecule has 0 bridgehead atoms. The van der Waals surface area contributed by atoms with Gasteiger partial charge in [-0.1, -0.05) is 20.3 Å². The minimum absolute atomic E-state index is 0.0308. The Morgan fingerprint density at radius 1 is 1.31 bits per heavy atom. The summed E-state index contributed by atoms with van der Waals surface area (Å²) in [5.41, 5.74) is 0. The first kappa shape index (κ1) is 14.9. The van der Waals surface area contributed by atoms with Gasteiger partial charge in [-0.2, -0.15) is 0 Å². The Kier molecular flexibility index (Phi) is 8.52. The van der Waals surface area contributed by atoms with Gasteiger partial charge in [0.05, 0.1) is 13.2 Å². The fraction of sp³-hybridized carbons (Fsp3) is 0.818. The summed E-state index contributed by atoms with van der Waals surface area (Å²) in [6, 6.07) is 0. The Morgan fingerprint density at radius 2 is 2.00 bits per heavy atom. The number of rotatable bonds is 8. The van der Waals surface area contributed by atoms with Crippen LogP contribution >= 0.6 is 0 Å². The number of ether oxygens (including phenoxy) is 1. The third-order valence-electron chi connectivity index (χ3n) is 2.22. The molecule has 0 heterocycles. The van der Waals surface area contributed by atoms with Crippen LogP contribution in [0.5, 0.6) is 0 Å². The Bertz CT molecular complexity index is 219. The van der Waals surface area contributed by atoms with Crippen molar-refractivity contribution >= 4 is 11.8 Å². The molecule has 0 aromatic rings. The van der Waals surface area contributed by atoms with E-state index >= 15 is 0 Å². The number of hydrogen-bond donors (Lipinski definition) is 2. The molecule has 0 fully saturated rings. The second-order valence-corrected chi connectivity index (χ2v) is 3.75. The molecule has 1 atom stereocenters. The van der Waals surface area contributed by atoms with Gasteiger partial charge in [0.15, 0.2) is 0 Å².